The van der Waals surface area contributed by atoms with Gasteiger partial charge in [0.1, 0.15) is 5.03 Å². The molecule has 0 aliphatic heterocycles. The van der Waals surface area contributed by atoms with Crippen LogP contribution in [0.5, 0.6) is 0 Å². The molecule has 1 rings (SSSR count). The normalized spacial score (nSPS) is 11.4. The van der Waals surface area contributed by atoms with Crippen LogP contribution in [0.25, 0.3) is 5.03 Å². The van der Waals surface area contributed by atoms with Gasteiger partial charge in [-0.25, -0.2) is 0 Å². The summed E-state index contributed by atoms with van der Waals surface area (Å²) in [6, 6.07) is 6.94. The van der Waals surface area contributed by atoms with Crippen LogP contribution in [0, 0.1) is 10.1 Å². The number of nitro groups is 1. The maximum Gasteiger partial charge on any atom is 0.253 e. The largest absolute Gasteiger partial charge is 0.259 e. The van der Waals surface area contributed by atoms with Gasteiger partial charge in [-0.1, -0.05) is 39.7 Å². The molecule has 5 heteroatoms. The maximum atomic E-state index is 10.1. The van der Waals surface area contributed by atoms with E-state index in [1.54, 1.807) is 24.3 Å². The highest BCUT2D eigenvalue weighted by molar-refractivity contribution is 9.10. The van der Waals surface area contributed by atoms with Crippen molar-refractivity contribution in [1.82, 2.24) is 0 Å². The third kappa shape index (κ3) is 3.16. The van der Waals surface area contributed by atoms with E-state index in [1.165, 1.54) is 0 Å². The molecule has 0 aliphatic rings. The molecule has 1 aromatic carbocycles. The van der Waals surface area contributed by atoms with Crippen LogP contribution in [0.1, 0.15) is 5.56 Å². The first-order valence-electron chi connectivity index (χ1n) is 3.36. The van der Waals surface area contributed by atoms with E-state index >= 15 is 0 Å². The molecule has 68 valence electrons. The van der Waals surface area contributed by atoms with Gasteiger partial charge in [0.25, 0.3) is 6.20 Å². The summed E-state index contributed by atoms with van der Waals surface area (Å²) in [5.41, 5.74) is 0.626. The number of rotatable bonds is 2. The van der Waals surface area contributed by atoms with Crippen LogP contribution in [0.15, 0.2) is 34.9 Å². The summed E-state index contributed by atoms with van der Waals surface area (Å²) in [4.78, 5) is 9.51. The van der Waals surface area contributed by atoms with Crippen LogP contribution in [-0.2, 0) is 0 Å². The molecule has 1 aromatic rings. The zero-order valence-corrected chi connectivity index (χ0v) is 8.75. The van der Waals surface area contributed by atoms with Gasteiger partial charge in [-0.3, -0.25) is 10.1 Å². The summed E-state index contributed by atoms with van der Waals surface area (Å²) in [7, 11) is 0. The molecule has 0 saturated heterocycles. The lowest BCUT2D eigenvalue weighted by Gasteiger charge is -1.95. The molecule has 0 fully saturated rings. The van der Waals surface area contributed by atoms with Gasteiger partial charge in [-0.15, -0.1) is 0 Å². The van der Waals surface area contributed by atoms with E-state index in [4.69, 9.17) is 11.6 Å². The third-order valence-electron chi connectivity index (χ3n) is 1.34. The summed E-state index contributed by atoms with van der Waals surface area (Å²) in [5, 5.41) is 10.2. The average Bonchev–Trinajstić information content (AvgIpc) is 2.04. The highest BCUT2D eigenvalue weighted by atomic mass is 79.9. The Morgan fingerprint density at radius 3 is 2.46 bits per heavy atom. The van der Waals surface area contributed by atoms with Crippen molar-refractivity contribution in [2.75, 3.05) is 0 Å². The summed E-state index contributed by atoms with van der Waals surface area (Å²) < 4.78 is 0.904. The molecule has 13 heavy (non-hydrogen) atoms. The monoisotopic (exact) mass is 261 g/mol. The van der Waals surface area contributed by atoms with Crippen molar-refractivity contribution in [2.45, 2.75) is 0 Å². The molecule has 0 saturated carbocycles. The molecule has 0 radical (unpaired) electrons. The number of hydrogen-bond acceptors (Lipinski definition) is 2. The van der Waals surface area contributed by atoms with Crippen LogP contribution in [0.3, 0.4) is 0 Å². The van der Waals surface area contributed by atoms with Gasteiger partial charge in [-0.2, -0.15) is 0 Å². The Morgan fingerprint density at radius 2 is 2.00 bits per heavy atom. The van der Waals surface area contributed by atoms with Gasteiger partial charge in [0.15, 0.2) is 0 Å². The Hall–Kier alpha value is -0.870. The standard InChI is InChI=1S/C8H5BrClNO2/c9-7-3-1-6(2-4-7)8(10)5-11(12)13/h1-5H/b8-5+. The third-order valence-corrected chi connectivity index (χ3v) is 2.18. The topological polar surface area (TPSA) is 43.1 Å². The minimum Gasteiger partial charge on any atom is -0.259 e. The lowest BCUT2D eigenvalue weighted by Crippen LogP contribution is -1.85. The van der Waals surface area contributed by atoms with Crippen LogP contribution >= 0.6 is 27.5 Å². The molecule has 0 unspecified atom stereocenters. The van der Waals surface area contributed by atoms with Gasteiger partial charge in [0.05, 0.1) is 4.92 Å². The van der Waals surface area contributed by atoms with E-state index in [0.717, 1.165) is 10.7 Å². The van der Waals surface area contributed by atoms with E-state index in [0.29, 0.717) is 5.56 Å². The van der Waals surface area contributed by atoms with Crippen molar-refractivity contribution in [3.05, 3.63) is 50.6 Å². The van der Waals surface area contributed by atoms with Crippen molar-refractivity contribution >= 4 is 32.6 Å². The van der Waals surface area contributed by atoms with E-state index in [9.17, 15) is 10.1 Å². The number of benzene rings is 1. The average molecular weight is 262 g/mol. The lowest BCUT2D eigenvalue weighted by molar-refractivity contribution is -0.401. The Balaban J connectivity index is 2.96. The summed E-state index contributed by atoms with van der Waals surface area (Å²) in [5.74, 6) is 0. The van der Waals surface area contributed by atoms with Gasteiger partial charge < -0.3 is 0 Å². The second kappa shape index (κ2) is 4.39. The zero-order chi connectivity index (χ0) is 9.84. The maximum absolute atomic E-state index is 10.1. The van der Waals surface area contributed by atoms with Crippen molar-refractivity contribution in [3.63, 3.8) is 0 Å². The van der Waals surface area contributed by atoms with Crippen molar-refractivity contribution in [3.8, 4) is 0 Å². The molecule has 0 atom stereocenters. The predicted molar refractivity (Wildman–Crippen MR) is 55.0 cm³/mol. The Kier molecular flexibility index (Phi) is 3.45. The zero-order valence-electron chi connectivity index (χ0n) is 6.41. The summed E-state index contributed by atoms with van der Waals surface area (Å²) in [6.07, 6.45) is 0.769. The fourth-order valence-corrected chi connectivity index (χ4v) is 1.25. The first-order chi connectivity index (χ1) is 6.09. The molecule has 0 aliphatic carbocycles. The second-order valence-electron chi connectivity index (χ2n) is 2.27. The van der Waals surface area contributed by atoms with Crippen LogP contribution < -0.4 is 0 Å². The predicted octanol–water partition coefficient (Wildman–Crippen LogP) is 3.26. The smallest absolute Gasteiger partial charge is 0.253 e. The Morgan fingerprint density at radius 1 is 1.46 bits per heavy atom. The molecular formula is C8H5BrClNO2. The van der Waals surface area contributed by atoms with Gasteiger partial charge in [-0.05, 0) is 17.7 Å². The minimum absolute atomic E-state index is 0.123. The van der Waals surface area contributed by atoms with E-state index < -0.39 is 4.92 Å². The molecule has 0 amide bonds. The number of hydrogen-bond donors (Lipinski definition) is 0. The first-order valence-corrected chi connectivity index (χ1v) is 4.53. The van der Waals surface area contributed by atoms with Gasteiger partial charge >= 0.3 is 0 Å². The minimum atomic E-state index is -0.579. The summed E-state index contributed by atoms with van der Waals surface area (Å²) >= 11 is 8.91. The van der Waals surface area contributed by atoms with E-state index in [-0.39, 0.29) is 5.03 Å². The van der Waals surface area contributed by atoms with E-state index in [1.807, 2.05) is 0 Å². The van der Waals surface area contributed by atoms with Crippen LogP contribution in [-0.4, -0.2) is 4.92 Å². The SMILES string of the molecule is O=[N+]([O-])/C=C(/Cl)c1ccc(Br)cc1. The quantitative estimate of drug-likeness (QED) is 0.606. The van der Waals surface area contributed by atoms with Gasteiger partial charge in [0.2, 0.25) is 0 Å². The molecule has 0 N–H and O–H groups in total. The van der Waals surface area contributed by atoms with Crippen molar-refractivity contribution in [1.29, 1.82) is 0 Å². The van der Waals surface area contributed by atoms with Gasteiger partial charge in [0, 0.05) is 4.47 Å². The lowest BCUT2D eigenvalue weighted by atomic mass is 10.2. The van der Waals surface area contributed by atoms with Crippen molar-refractivity contribution in [2.24, 2.45) is 0 Å². The molecule has 0 bridgehead atoms. The second-order valence-corrected chi connectivity index (χ2v) is 3.59. The number of halogens is 2. The molecule has 3 nitrogen and oxygen atoms in total. The van der Waals surface area contributed by atoms with E-state index in [2.05, 4.69) is 15.9 Å². The van der Waals surface area contributed by atoms with Crippen molar-refractivity contribution < 1.29 is 4.92 Å². The summed E-state index contributed by atoms with van der Waals surface area (Å²) in [6.45, 7) is 0. The Bertz CT molecular complexity index is 348. The molecule has 0 spiro atoms. The highest BCUT2D eigenvalue weighted by Gasteiger charge is 2.01. The van der Waals surface area contributed by atoms with Crippen LogP contribution in [0.4, 0.5) is 0 Å². The Labute approximate surface area is 88.3 Å². The fourth-order valence-electron chi connectivity index (χ4n) is 0.776. The fraction of sp³-hybridized carbons (Fsp3) is 0. The number of nitrogens with zero attached hydrogens (tertiary/aromatic N) is 1. The van der Waals surface area contributed by atoms with Crippen LogP contribution in [0.2, 0.25) is 0 Å². The highest BCUT2D eigenvalue weighted by Crippen LogP contribution is 2.20. The molecular weight excluding hydrogens is 257 g/mol. The first kappa shape index (κ1) is 10.2. The molecule has 0 aromatic heterocycles. The molecule has 0 heterocycles.